The van der Waals surface area contributed by atoms with Crippen LogP contribution in [-0.2, 0) is 39.2 Å². The fourth-order valence-electron chi connectivity index (χ4n) is 4.00. The molecule has 1 aliphatic rings. The monoisotopic (exact) mass is 555 g/mol. The highest BCUT2D eigenvalue weighted by molar-refractivity contribution is 7.99. The molecule has 2 heterocycles. The molecule has 0 saturated carbocycles. The summed E-state index contributed by atoms with van der Waals surface area (Å²) in [6, 6.07) is 14.9. The Labute approximate surface area is 231 Å². The molecule has 0 aliphatic carbocycles. The van der Waals surface area contributed by atoms with Gasteiger partial charge in [0.1, 0.15) is 12.9 Å². The lowest BCUT2D eigenvalue weighted by molar-refractivity contribution is -0.245. The highest BCUT2D eigenvalue weighted by Crippen LogP contribution is 2.39. The van der Waals surface area contributed by atoms with Crippen LogP contribution in [0.4, 0.5) is 4.79 Å². The number of aryl methyl sites for hydroxylation is 1. The number of amides is 2. The SMILES string of the molecule is CCOC(=O)CNC(=O)NCc1ccc(C2OC(CSc3nncn3C)CC(c3ccc(CO)cc3)O2)cc1. The quantitative estimate of drug-likeness (QED) is 0.241. The zero-order valence-electron chi connectivity index (χ0n) is 21.9. The van der Waals surface area contributed by atoms with Gasteiger partial charge in [0, 0.05) is 31.3 Å². The van der Waals surface area contributed by atoms with E-state index >= 15 is 0 Å². The number of esters is 1. The molecule has 1 aliphatic heterocycles. The smallest absolute Gasteiger partial charge is 0.325 e. The van der Waals surface area contributed by atoms with Crippen molar-refractivity contribution in [1.82, 2.24) is 25.4 Å². The fraction of sp³-hybridized carbons (Fsp3) is 0.407. The minimum atomic E-state index is -0.582. The summed E-state index contributed by atoms with van der Waals surface area (Å²) in [6.45, 7) is 2.07. The highest BCUT2D eigenvalue weighted by Gasteiger charge is 2.32. The molecular formula is C27H33N5O6S. The minimum absolute atomic E-state index is 0.0111. The Morgan fingerprint density at radius 1 is 1.08 bits per heavy atom. The van der Waals surface area contributed by atoms with Gasteiger partial charge in [0.15, 0.2) is 11.4 Å². The molecule has 11 nitrogen and oxygen atoms in total. The van der Waals surface area contributed by atoms with E-state index in [1.165, 1.54) is 0 Å². The van der Waals surface area contributed by atoms with Gasteiger partial charge in [-0.15, -0.1) is 10.2 Å². The van der Waals surface area contributed by atoms with Crippen molar-refractivity contribution >= 4 is 23.8 Å². The predicted octanol–water partition coefficient (Wildman–Crippen LogP) is 3.01. The zero-order valence-corrected chi connectivity index (χ0v) is 22.7. The number of urea groups is 1. The molecule has 3 aromatic rings. The number of thioether (sulfide) groups is 1. The van der Waals surface area contributed by atoms with E-state index in [2.05, 4.69) is 20.8 Å². The number of aromatic nitrogens is 3. The van der Waals surface area contributed by atoms with E-state index in [4.69, 9.17) is 14.2 Å². The number of hydrogen-bond acceptors (Lipinski definition) is 9. The van der Waals surface area contributed by atoms with Gasteiger partial charge >= 0.3 is 12.0 Å². The summed E-state index contributed by atoms with van der Waals surface area (Å²) in [5, 5.41) is 23.5. The molecule has 39 heavy (non-hydrogen) atoms. The first-order valence-electron chi connectivity index (χ1n) is 12.7. The number of nitrogens with one attached hydrogen (secondary N) is 2. The van der Waals surface area contributed by atoms with Crippen LogP contribution in [-0.4, -0.2) is 56.9 Å². The van der Waals surface area contributed by atoms with E-state index in [9.17, 15) is 14.7 Å². The topological polar surface area (TPSA) is 137 Å². The number of nitrogens with zero attached hydrogens (tertiary/aromatic N) is 3. The van der Waals surface area contributed by atoms with Gasteiger partial charge in [-0.1, -0.05) is 60.3 Å². The Bertz CT molecular complexity index is 1220. The van der Waals surface area contributed by atoms with Crippen LogP contribution in [0.1, 0.15) is 48.0 Å². The molecule has 4 rings (SSSR count). The first-order chi connectivity index (χ1) is 18.9. The Hall–Kier alpha value is -3.45. The van der Waals surface area contributed by atoms with Gasteiger partial charge in [-0.3, -0.25) is 4.79 Å². The summed E-state index contributed by atoms with van der Waals surface area (Å²) >= 11 is 1.58. The molecule has 0 radical (unpaired) electrons. The third-order valence-corrected chi connectivity index (χ3v) is 7.25. The number of carbonyl (C=O) groups is 2. The van der Waals surface area contributed by atoms with E-state index in [1.807, 2.05) is 60.1 Å². The number of ether oxygens (including phenoxy) is 3. The van der Waals surface area contributed by atoms with Gasteiger partial charge in [0.2, 0.25) is 0 Å². The van der Waals surface area contributed by atoms with Gasteiger partial charge in [-0.2, -0.15) is 0 Å². The second-order valence-electron chi connectivity index (χ2n) is 8.97. The molecular weight excluding hydrogens is 522 g/mol. The predicted molar refractivity (Wildman–Crippen MR) is 143 cm³/mol. The summed E-state index contributed by atoms with van der Waals surface area (Å²) in [5.74, 6) is 0.195. The maximum atomic E-state index is 12.0. The molecule has 3 unspecified atom stereocenters. The minimum Gasteiger partial charge on any atom is -0.465 e. The van der Waals surface area contributed by atoms with E-state index in [1.54, 1.807) is 25.0 Å². The Balaban J connectivity index is 1.39. The third kappa shape index (κ3) is 8.27. The van der Waals surface area contributed by atoms with Crippen molar-refractivity contribution < 1.29 is 28.9 Å². The van der Waals surface area contributed by atoms with Crippen molar-refractivity contribution in [1.29, 1.82) is 0 Å². The average Bonchev–Trinajstić information content (AvgIpc) is 3.38. The molecule has 1 fully saturated rings. The number of aliphatic hydroxyl groups is 1. The first-order valence-corrected chi connectivity index (χ1v) is 13.7. The summed E-state index contributed by atoms with van der Waals surface area (Å²) in [7, 11) is 1.90. The molecule has 3 N–H and O–H groups in total. The van der Waals surface area contributed by atoms with Crippen molar-refractivity contribution in [2.75, 3.05) is 18.9 Å². The van der Waals surface area contributed by atoms with Crippen LogP contribution in [0, 0.1) is 0 Å². The fourth-order valence-corrected chi connectivity index (χ4v) is 4.90. The summed E-state index contributed by atoms with van der Waals surface area (Å²) < 4.78 is 19.4. The van der Waals surface area contributed by atoms with Crippen LogP contribution in [0.2, 0.25) is 0 Å². The zero-order chi connectivity index (χ0) is 27.6. The first kappa shape index (κ1) is 28.6. The van der Waals surface area contributed by atoms with Crippen LogP contribution >= 0.6 is 11.8 Å². The lowest BCUT2D eigenvalue weighted by Gasteiger charge is -2.36. The summed E-state index contributed by atoms with van der Waals surface area (Å²) in [5.41, 5.74) is 3.60. The standard InChI is InChI=1S/C27H33N5O6S/c1-3-36-24(34)14-29-26(35)28-13-18-4-10-21(11-5-18)25-37-22(16-39-27-31-30-17-32(27)2)12-23(38-25)20-8-6-19(15-33)7-9-20/h4-11,17,22-23,25,33H,3,12-16H2,1-2H3,(H2,28,29,35). The lowest BCUT2D eigenvalue weighted by Crippen LogP contribution is -2.38. The largest absolute Gasteiger partial charge is 0.465 e. The van der Waals surface area contributed by atoms with Crippen LogP contribution in [0.5, 0.6) is 0 Å². The second-order valence-corrected chi connectivity index (χ2v) is 9.96. The van der Waals surface area contributed by atoms with E-state index in [0.717, 1.165) is 27.4 Å². The van der Waals surface area contributed by atoms with Crippen molar-refractivity contribution in [2.24, 2.45) is 7.05 Å². The number of carbonyl (C=O) groups excluding carboxylic acids is 2. The molecule has 1 saturated heterocycles. The van der Waals surface area contributed by atoms with Gasteiger partial charge < -0.3 is 34.5 Å². The Morgan fingerprint density at radius 3 is 2.46 bits per heavy atom. The van der Waals surface area contributed by atoms with Crippen molar-refractivity contribution in [2.45, 2.75) is 50.2 Å². The lowest BCUT2D eigenvalue weighted by atomic mass is 10.0. The van der Waals surface area contributed by atoms with Gasteiger partial charge in [-0.05, 0) is 23.6 Å². The highest BCUT2D eigenvalue weighted by atomic mass is 32.2. The van der Waals surface area contributed by atoms with E-state index in [0.29, 0.717) is 12.2 Å². The molecule has 2 amide bonds. The maximum Gasteiger partial charge on any atom is 0.325 e. The molecule has 0 bridgehead atoms. The van der Waals surface area contributed by atoms with E-state index < -0.39 is 18.3 Å². The summed E-state index contributed by atoms with van der Waals surface area (Å²) in [6.07, 6.45) is 1.47. The van der Waals surface area contributed by atoms with Crippen LogP contribution < -0.4 is 10.6 Å². The molecule has 2 aromatic carbocycles. The van der Waals surface area contributed by atoms with Crippen molar-refractivity contribution in [3.8, 4) is 0 Å². The van der Waals surface area contributed by atoms with Gasteiger partial charge in [0.05, 0.1) is 25.4 Å². The van der Waals surface area contributed by atoms with Gasteiger partial charge in [0.25, 0.3) is 0 Å². The van der Waals surface area contributed by atoms with Crippen molar-refractivity contribution in [3.63, 3.8) is 0 Å². The number of hydrogen-bond donors (Lipinski definition) is 3. The molecule has 208 valence electrons. The summed E-state index contributed by atoms with van der Waals surface area (Å²) in [4.78, 5) is 23.3. The maximum absolute atomic E-state index is 12.0. The van der Waals surface area contributed by atoms with Crippen molar-refractivity contribution in [3.05, 3.63) is 77.1 Å². The number of aliphatic hydroxyl groups excluding tert-OH is 1. The molecule has 0 spiro atoms. The molecule has 12 heteroatoms. The molecule has 1 aromatic heterocycles. The van der Waals surface area contributed by atoms with E-state index in [-0.39, 0.29) is 38.5 Å². The van der Waals surface area contributed by atoms with Crippen LogP contribution in [0.25, 0.3) is 0 Å². The Kier molecular flexibility index (Phi) is 10.3. The Morgan fingerprint density at radius 2 is 1.79 bits per heavy atom. The normalized spacial score (nSPS) is 18.9. The van der Waals surface area contributed by atoms with Gasteiger partial charge in [-0.25, -0.2) is 4.79 Å². The van der Waals surface area contributed by atoms with Crippen LogP contribution in [0.3, 0.4) is 0 Å². The third-order valence-electron chi connectivity index (χ3n) is 6.09. The number of rotatable bonds is 11. The van der Waals surface area contributed by atoms with Crippen LogP contribution in [0.15, 0.2) is 60.0 Å². The second kappa shape index (κ2) is 14.1. The number of benzene rings is 2. The average molecular weight is 556 g/mol. The molecule has 3 atom stereocenters.